The molecule has 0 amide bonds. The van der Waals surface area contributed by atoms with Crippen molar-refractivity contribution in [3.63, 3.8) is 0 Å². The Kier molecular flexibility index (Phi) is 6.74. The number of carbonyl (C=O) groups is 1. The van der Waals surface area contributed by atoms with Crippen molar-refractivity contribution in [1.82, 2.24) is 5.16 Å². The summed E-state index contributed by atoms with van der Waals surface area (Å²) in [5, 5.41) is 13.4. The van der Waals surface area contributed by atoms with Crippen LogP contribution < -0.4 is 9.47 Å². The van der Waals surface area contributed by atoms with Crippen LogP contribution in [0.5, 0.6) is 11.5 Å². The van der Waals surface area contributed by atoms with Crippen LogP contribution in [0.3, 0.4) is 0 Å². The van der Waals surface area contributed by atoms with E-state index in [1.807, 2.05) is 54.6 Å². The van der Waals surface area contributed by atoms with Gasteiger partial charge in [0.25, 0.3) is 0 Å². The zero-order chi connectivity index (χ0) is 23.2. The zero-order valence-corrected chi connectivity index (χ0v) is 18.5. The number of aromatic nitrogens is 1. The smallest absolute Gasteiger partial charge is 0.335 e. The minimum atomic E-state index is -0.981. The van der Waals surface area contributed by atoms with Gasteiger partial charge in [-0.15, -0.1) is 0 Å². The van der Waals surface area contributed by atoms with E-state index in [9.17, 15) is 4.79 Å². The number of carboxylic acid groups (broad SMARTS) is 1. The minimum absolute atomic E-state index is 0.188. The van der Waals surface area contributed by atoms with Crippen LogP contribution in [-0.2, 0) is 13.2 Å². The molecule has 4 rings (SSSR count). The quantitative estimate of drug-likeness (QED) is 0.326. The van der Waals surface area contributed by atoms with E-state index in [0.717, 1.165) is 33.9 Å². The number of rotatable bonds is 9. The summed E-state index contributed by atoms with van der Waals surface area (Å²) >= 11 is 0. The van der Waals surface area contributed by atoms with Gasteiger partial charge in [-0.25, -0.2) is 4.79 Å². The van der Waals surface area contributed by atoms with Crippen LogP contribution in [0.15, 0.2) is 83.4 Å². The molecule has 0 fully saturated rings. The fourth-order valence-electron chi connectivity index (χ4n) is 3.46. The number of benzene rings is 3. The maximum Gasteiger partial charge on any atom is 0.335 e. The molecule has 1 heterocycles. The van der Waals surface area contributed by atoms with Crippen LogP contribution in [0.25, 0.3) is 11.3 Å². The molecule has 0 radical (unpaired) electrons. The molecule has 1 aromatic heterocycles. The standard InChI is InChI=1S/C27H25NO5/c1-18(2)26-24(25(28-33-26)20-7-4-3-5-8-20)17-32-22-13-11-19(12-14-22)16-31-23-10-6-9-21(15-23)27(29)30/h3-15,18H,16-17H2,1-2H3,(H,29,30). The van der Waals surface area contributed by atoms with E-state index in [1.54, 1.807) is 12.1 Å². The number of ether oxygens (including phenoxy) is 2. The van der Waals surface area contributed by atoms with Crippen LogP contribution in [0.2, 0.25) is 0 Å². The second-order valence-electron chi connectivity index (χ2n) is 7.95. The molecule has 0 saturated heterocycles. The van der Waals surface area contributed by atoms with E-state index in [-0.39, 0.29) is 11.5 Å². The highest BCUT2D eigenvalue weighted by molar-refractivity contribution is 5.88. The van der Waals surface area contributed by atoms with Crippen molar-refractivity contribution in [2.45, 2.75) is 33.0 Å². The summed E-state index contributed by atoms with van der Waals surface area (Å²) in [5.41, 5.74) is 3.88. The molecule has 0 aliphatic rings. The van der Waals surface area contributed by atoms with E-state index in [4.69, 9.17) is 19.1 Å². The van der Waals surface area contributed by atoms with Crippen LogP contribution in [0, 0.1) is 0 Å². The van der Waals surface area contributed by atoms with Crippen molar-refractivity contribution in [1.29, 1.82) is 0 Å². The summed E-state index contributed by atoms with van der Waals surface area (Å²) in [7, 11) is 0. The van der Waals surface area contributed by atoms with Gasteiger partial charge in [-0.2, -0.15) is 0 Å². The number of aromatic carboxylic acids is 1. The van der Waals surface area contributed by atoms with Crippen LogP contribution >= 0.6 is 0 Å². The first-order chi connectivity index (χ1) is 16.0. The predicted octanol–water partition coefficient (Wildman–Crippen LogP) is 6.32. The maximum absolute atomic E-state index is 11.1. The fraction of sp³-hybridized carbons (Fsp3) is 0.185. The summed E-state index contributed by atoms with van der Waals surface area (Å²) in [5.74, 6) is 1.26. The Hall–Kier alpha value is -4.06. The molecule has 0 saturated carbocycles. The third-order valence-electron chi connectivity index (χ3n) is 5.18. The van der Waals surface area contributed by atoms with E-state index >= 15 is 0 Å². The summed E-state index contributed by atoms with van der Waals surface area (Å²) in [6.07, 6.45) is 0. The van der Waals surface area contributed by atoms with E-state index in [0.29, 0.717) is 19.0 Å². The Morgan fingerprint density at radius 2 is 1.64 bits per heavy atom. The van der Waals surface area contributed by atoms with Crippen molar-refractivity contribution in [3.05, 3.63) is 101 Å². The summed E-state index contributed by atoms with van der Waals surface area (Å²) in [6, 6.07) is 24.0. The van der Waals surface area contributed by atoms with Crippen molar-refractivity contribution < 1.29 is 23.9 Å². The first kappa shape index (κ1) is 22.1. The lowest BCUT2D eigenvalue weighted by Crippen LogP contribution is -2.01. The van der Waals surface area contributed by atoms with Crippen LogP contribution in [0.1, 0.15) is 47.0 Å². The molecule has 1 N–H and O–H groups in total. The number of carboxylic acids is 1. The SMILES string of the molecule is CC(C)c1onc(-c2ccccc2)c1COc1ccc(COc2cccc(C(=O)O)c2)cc1. The van der Waals surface area contributed by atoms with Crippen molar-refractivity contribution >= 4 is 5.97 Å². The molecule has 0 aliphatic carbocycles. The van der Waals surface area contributed by atoms with Gasteiger partial charge in [0, 0.05) is 11.5 Å². The molecule has 0 spiro atoms. The lowest BCUT2D eigenvalue weighted by molar-refractivity contribution is 0.0696. The number of hydrogen-bond acceptors (Lipinski definition) is 5. The lowest BCUT2D eigenvalue weighted by atomic mass is 10.0. The molecule has 168 valence electrons. The van der Waals surface area contributed by atoms with Gasteiger partial charge in [0.15, 0.2) is 0 Å². The predicted molar refractivity (Wildman–Crippen MR) is 125 cm³/mol. The molecule has 6 heteroatoms. The normalized spacial score (nSPS) is 10.9. The summed E-state index contributed by atoms with van der Waals surface area (Å²) in [4.78, 5) is 11.1. The van der Waals surface area contributed by atoms with E-state index in [1.165, 1.54) is 12.1 Å². The minimum Gasteiger partial charge on any atom is -0.489 e. The molecular weight excluding hydrogens is 418 g/mol. The average molecular weight is 443 g/mol. The largest absolute Gasteiger partial charge is 0.489 e. The Balaban J connectivity index is 1.41. The van der Waals surface area contributed by atoms with Crippen molar-refractivity contribution in [3.8, 4) is 22.8 Å². The first-order valence-corrected chi connectivity index (χ1v) is 10.7. The molecule has 0 bridgehead atoms. The molecule has 0 aliphatic heterocycles. The Bertz CT molecular complexity index is 1210. The first-order valence-electron chi connectivity index (χ1n) is 10.7. The molecule has 3 aromatic carbocycles. The topological polar surface area (TPSA) is 81.8 Å². The summed E-state index contributed by atoms with van der Waals surface area (Å²) in [6.45, 7) is 4.81. The van der Waals surface area contributed by atoms with Gasteiger partial charge in [-0.3, -0.25) is 0 Å². The van der Waals surface area contributed by atoms with Gasteiger partial charge in [-0.05, 0) is 35.9 Å². The van der Waals surface area contributed by atoms with Gasteiger partial charge in [-0.1, -0.05) is 67.5 Å². The zero-order valence-electron chi connectivity index (χ0n) is 18.5. The molecule has 6 nitrogen and oxygen atoms in total. The number of nitrogens with zero attached hydrogens (tertiary/aromatic N) is 1. The molecule has 0 unspecified atom stereocenters. The number of hydrogen-bond donors (Lipinski definition) is 1. The Morgan fingerprint density at radius 1 is 0.909 bits per heavy atom. The second kappa shape index (κ2) is 10.0. The molecule has 33 heavy (non-hydrogen) atoms. The van der Waals surface area contributed by atoms with Crippen LogP contribution in [-0.4, -0.2) is 16.2 Å². The Morgan fingerprint density at radius 3 is 2.33 bits per heavy atom. The highest BCUT2D eigenvalue weighted by Crippen LogP contribution is 2.31. The third kappa shape index (κ3) is 5.41. The van der Waals surface area contributed by atoms with Crippen molar-refractivity contribution in [2.24, 2.45) is 0 Å². The maximum atomic E-state index is 11.1. The van der Waals surface area contributed by atoms with Gasteiger partial charge in [0.2, 0.25) is 0 Å². The average Bonchev–Trinajstić information content (AvgIpc) is 3.27. The highest BCUT2D eigenvalue weighted by Gasteiger charge is 2.20. The molecule has 4 aromatic rings. The van der Waals surface area contributed by atoms with E-state index < -0.39 is 5.97 Å². The van der Waals surface area contributed by atoms with Gasteiger partial charge >= 0.3 is 5.97 Å². The Labute approximate surface area is 192 Å². The monoisotopic (exact) mass is 443 g/mol. The fourth-order valence-corrected chi connectivity index (χ4v) is 3.46. The summed E-state index contributed by atoms with van der Waals surface area (Å²) < 4.78 is 17.4. The molecular formula is C27H25NO5. The van der Waals surface area contributed by atoms with Crippen molar-refractivity contribution in [2.75, 3.05) is 0 Å². The van der Waals surface area contributed by atoms with Gasteiger partial charge in [0.05, 0.1) is 11.1 Å². The highest BCUT2D eigenvalue weighted by atomic mass is 16.5. The van der Waals surface area contributed by atoms with Gasteiger partial charge in [0.1, 0.15) is 36.2 Å². The van der Waals surface area contributed by atoms with Gasteiger partial charge < -0.3 is 19.1 Å². The third-order valence-corrected chi connectivity index (χ3v) is 5.18. The van der Waals surface area contributed by atoms with E-state index in [2.05, 4.69) is 19.0 Å². The second-order valence-corrected chi connectivity index (χ2v) is 7.95. The lowest BCUT2D eigenvalue weighted by Gasteiger charge is -2.11. The molecule has 0 atom stereocenters. The van der Waals surface area contributed by atoms with Crippen LogP contribution in [0.4, 0.5) is 0 Å².